The summed E-state index contributed by atoms with van der Waals surface area (Å²) in [6, 6.07) is 5.67. The lowest BCUT2D eigenvalue weighted by Crippen LogP contribution is -2.42. The smallest absolute Gasteiger partial charge is 0.253 e. The zero-order valence-corrected chi connectivity index (χ0v) is 13.1. The predicted octanol–water partition coefficient (Wildman–Crippen LogP) is 2.05. The lowest BCUT2D eigenvalue weighted by atomic mass is 9.90. The highest BCUT2D eigenvalue weighted by Crippen LogP contribution is 2.31. The third-order valence-electron chi connectivity index (χ3n) is 4.56. The van der Waals surface area contributed by atoms with E-state index < -0.39 is 0 Å². The summed E-state index contributed by atoms with van der Waals surface area (Å²) < 4.78 is 11.3. The maximum absolute atomic E-state index is 12.6. The van der Waals surface area contributed by atoms with Gasteiger partial charge in [-0.25, -0.2) is 0 Å². The Labute approximate surface area is 131 Å². The van der Waals surface area contributed by atoms with Crippen molar-refractivity contribution >= 4 is 5.91 Å². The number of hydrogen-bond acceptors (Lipinski definition) is 4. The van der Waals surface area contributed by atoms with Crippen molar-refractivity contribution in [2.45, 2.75) is 32.2 Å². The quantitative estimate of drug-likeness (QED) is 0.908. The molecule has 1 aromatic rings. The fourth-order valence-corrected chi connectivity index (χ4v) is 3.11. The molecule has 0 spiro atoms. The summed E-state index contributed by atoms with van der Waals surface area (Å²) in [4.78, 5) is 14.6. The van der Waals surface area contributed by atoms with Gasteiger partial charge in [-0.3, -0.25) is 4.79 Å². The highest BCUT2D eigenvalue weighted by molar-refractivity contribution is 5.95. The van der Waals surface area contributed by atoms with E-state index in [2.05, 4.69) is 0 Å². The van der Waals surface area contributed by atoms with Gasteiger partial charge in [0.05, 0.1) is 13.2 Å². The molecular weight excluding hydrogens is 280 g/mol. The highest BCUT2D eigenvalue weighted by atomic mass is 16.5. The highest BCUT2D eigenvalue weighted by Gasteiger charge is 2.26. The number of benzene rings is 1. The largest absolute Gasteiger partial charge is 0.490 e. The Morgan fingerprint density at radius 1 is 1.23 bits per heavy atom. The van der Waals surface area contributed by atoms with E-state index >= 15 is 0 Å². The lowest BCUT2D eigenvalue weighted by molar-refractivity contribution is 0.0680. The summed E-state index contributed by atoms with van der Waals surface area (Å²) in [5.74, 6) is 1.99. The minimum atomic E-state index is 0.0683. The van der Waals surface area contributed by atoms with Crippen LogP contribution in [-0.2, 0) is 0 Å². The molecule has 5 heteroatoms. The molecule has 1 saturated heterocycles. The summed E-state index contributed by atoms with van der Waals surface area (Å²) in [5.41, 5.74) is 6.63. The summed E-state index contributed by atoms with van der Waals surface area (Å²) in [5, 5.41) is 0. The maximum atomic E-state index is 12.6. The molecule has 120 valence electrons. The topological polar surface area (TPSA) is 64.8 Å². The minimum absolute atomic E-state index is 0.0683. The molecule has 5 nitrogen and oxygen atoms in total. The Bertz CT molecular complexity index is 537. The van der Waals surface area contributed by atoms with Crippen molar-refractivity contribution in [3.8, 4) is 11.5 Å². The molecule has 0 radical (unpaired) electrons. The van der Waals surface area contributed by atoms with Gasteiger partial charge in [-0.1, -0.05) is 0 Å². The van der Waals surface area contributed by atoms with E-state index in [9.17, 15) is 4.79 Å². The third-order valence-corrected chi connectivity index (χ3v) is 4.56. The fraction of sp³-hybridized carbons (Fsp3) is 0.588. The number of amides is 1. The van der Waals surface area contributed by atoms with Crippen molar-refractivity contribution in [3.63, 3.8) is 0 Å². The molecule has 2 heterocycles. The van der Waals surface area contributed by atoms with E-state index in [1.54, 1.807) is 6.07 Å². The first-order valence-corrected chi connectivity index (χ1v) is 8.09. The molecule has 2 aliphatic heterocycles. The molecule has 2 N–H and O–H groups in total. The second-order valence-corrected chi connectivity index (χ2v) is 6.20. The van der Waals surface area contributed by atoms with E-state index in [1.165, 1.54) is 0 Å². The van der Waals surface area contributed by atoms with Crippen molar-refractivity contribution in [2.24, 2.45) is 11.7 Å². The van der Waals surface area contributed by atoms with Gasteiger partial charge in [-0.2, -0.15) is 0 Å². The van der Waals surface area contributed by atoms with Crippen LogP contribution in [0.2, 0.25) is 0 Å². The van der Waals surface area contributed by atoms with Crippen molar-refractivity contribution in [2.75, 3.05) is 26.3 Å². The van der Waals surface area contributed by atoms with E-state index in [0.29, 0.717) is 30.4 Å². The normalized spacial score (nSPS) is 20.4. The molecule has 0 bridgehead atoms. The number of carbonyl (C=O) groups is 1. The first kappa shape index (κ1) is 15.2. The van der Waals surface area contributed by atoms with Gasteiger partial charge in [0.1, 0.15) is 0 Å². The molecule has 1 unspecified atom stereocenters. The van der Waals surface area contributed by atoms with Crippen molar-refractivity contribution < 1.29 is 14.3 Å². The number of fused-ring (bicyclic) bond motifs is 1. The summed E-state index contributed by atoms with van der Waals surface area (Å²) in [6.45, 7) is 4.89. The number of piperidine rings is 1. The van der Waals surface area contributed by atoms with Crippen LogP contribution in [0.5, 0.6) is 11.5 Å². The standard InChI is InChI=1S/C17H24N2O3/c1-12(18)13-5-7-19(8-6-13)17(20)14-3-4-15-16(11-14)22-10-2-9-21-15/h3-4,11-13H,2,5-10,18H2,1H3. The molecule has 22 heavy (non-hydrogen) atoms. The number of carbonyl (C=O) groups excluding carboxylic acids is 1. The van der Waals surface area contributed by atoms with Crippen LogP contribution in [0, 0.1) is 5.92 Å². The van der Waals surface area contributed by atoms with Gasteiger partial charge in [0.2, 0.25) is 0 Å². The lowest BCUT2D eigenvalue weighted by Gasteiger charge is -2.33. The number of nitrogens with two attached hydrogens (primary N) is 1. The van der Waals surface area contributed by atoms with Crippen LogP contribution in [-0.4, -0.2) is 43.2 Å². The molecule has 3 rings (SSSR count). The molecule has 2 aliphatic rings. The van der Waals surface area contributed by atoms with Crippen LogP contribution >= 0.6 is 0 Å². The van der Waals surface area contributed by atoms with Gasteiger partial charge in [-0.15, -0.1) is 0 Å². The van der Waals surface area contributed by atoms with Crippen LogP contribution in [0.3, 0.4) is 0 Å². The van der Waals surface area contributed by atoms with E-state index in [1.807, 2.05) is 24.0 Å². The van der Waals surface area contributed by atoms with Crippen LogP contribution in [0.1, 0.15) is 36.5 Å². The van der Waals surface area contributed by atoms with Crippen LogP contribution in [0.25, 0.3) is 0 Å². The van der Waals surface area contributed by atoms with Gasteiger partial charge in [0.15, 0.2) is 11.5 Å². The minimum Gasteiger partial charge on any atom is -0.490 e. The van der Waals surface area contributed by atoms with Gasteiger partial charge in [0.25, 0.3) is 5.91 Å². The van der Waals surface area contributed by atoms with Gasteiger partial charge < -0.3 is 20.1 Å². The van der Waals surface area contributed by atoms with E-state index in [-0.39, 0.29) is 11.9 Å². The van der Waals surface area contributed by atoms with E-state index in [0.717, 1.165) is 38.1 Å². The first-order valence-electron chi connectivity index (χ1n) is 8.09. The summed E-state index contributed by atoms with van der Waals surface area (Å²) in [7, 11) is 0. The van der Waals surface area contributed by atoms with Crippen molar-refractivity contribution in [3.05, 3.63) is 23.8 Å². The number of nitrogens with zero attached hydrogens (tertiary/aromatic N) is 1. The summed E-state index contributed by atoms with van der Waals surface area (Å²) in [6.07, 6.45) is 2.82. The van der Waals surface area contributed by atoms with Gasteiger partial charge >= 0.3 is 0 Å². The Hall–Kier alpha value is -1.75. The Morgan fingerprint density at radius 2 is 1.91 bits per heavy atom. The SMILES string of the molecule is CC(N)C1CCN(C(=O)c2ccc3c(c2)OCCCO3)CC1. The Balaban J connectivity index is 1.69. The molecule has 1 fully saturated rings. The monoisotopic (exact) mass is 304 g/mol. The fourth-order valence-electron chi connectivity index (χ4n) is 3.11. The molecule has 1 aromatic carbocycles. The molecular formula is C17H24N2O3. The predicted molar refractivity (Wildman–Crippen MR) is 84.3 cm³/mol. The maximum Gasteiger partial charge on any atom is 0.253 e. The third kappa shape index (κ3) is 3.19. The van der Waals surface area contributed by atoms with Crippen LogP contribution in [0.15, 0.2) is 18.2 Å². The molecule has 0 aromatic heterocycles. The molecule has 0 aliphatic carbocycles. The van der Waals surface area contributed by atoms with Crippen LogP contribution in [0.4, 0.5) is 0 Å². The van der Waals surface area contributed by atoms with Gasteiger partial charge in [-0.05, 0) is 43.9 Å². The number of hydrogen-bond donors (Lipinski definition) is 1. The van der Waals surface area contributed by atoms with Gasteiger partial charge in [0, 0.05) is 31.1 Å². The van der Waals surface area contributed by atoms with Crippen molar-refractivity contribution in [1.82, 2.24) is 4.90 Å². The summed E-state index contributed by atoms with van der Waals surface area (Å²) >= 11 is 0. The molecule has 0 saturated carbocycles. The average molecular weight is 304 g/mol. The number of ether oxygens (including phenoxy) is 2. The van der Waals surface area contributed by atoms with Crippen molar-refractivity contribution in [1.29, 1.82) is 0 Å². The molecule has 1 amide bonds. The number of likely N-dealkylation sites (tertiary alicyclic amines) is 1. The number of rotatable bonds is 2. The second kappa shape index (κ2) is 6.57. The second-order valence-electron chi connectivity index (χ2n) is 6.20. The zero-order valence-electron chi connectivity index (χ0n) is 13.1. The zero-order chi connectivity index (χ0) is 15.5. The Morgan fingerprint density at radius 3 is 2.59 bits per heavy atom. The average Bonchev–Trinajstić information content (AvgIpc) is 2.78. The molecule has 1 atom stereocenters. The van der Waals surface area contributed by atoms with Crippen LogP contribution < -0.4 is 15.2 Å². The van der Waals surface area contributed by atoms with E-state index in [4.69, 9.17) is 15.2 Å². The first-order chi connectivity index (χ1) is 10.6. The Kier molecular flexibility index (Phi) is 4.52.